The Hall–Kier alpha value is -1.77. The molecule has 0 saturated heterocycles. The van der Waals surface area contributed by atoms with Crippen molar-refractivity contribution < 1.29 is 9.53 Å². The molecule has 1 fully saturated rings. The van der Waals surface area contributed by atoms with Crippen molar-refractivity contribution in [3.8, 4) is 0 Å². The third-order valence-electron chi connectivity index (χ3n) is 4.59. The molecule has 1 aromatic carbocycles. The first-order chi connectivity index (χ1) is 8.94. The van der Waals surface area contributed by atoms with Gasteiger partial charge in [-0.15, -0.1) is 0 Å². The highest BCUT2D eigenvalue weighted by molar-refractivity contribution is 5.97. The number of methoxy groups -OCH3 is 1. The molecule has 1 aliphatic rings. The predicted octanol–water partition coefficient (Wildman–Crippen LogP) is 3.32. The van der Waals surface area contributed by atoms with Gasteiger partial charge < -0.3 is 9.72 Å². The Kier molecular flexibility index (Phi) is 2.34. The van der Waals surface area contributed by atoms with Gasteiger partial charge in [0.2, 0.25) is 0 Å². The van der Waals surface area contributed by atoms with Crippen molar-refractivity contribution in [1.29, 1.82) is 0 Å². The lowest BCUT2D eigenvalue weighted by Crippen LogP contribution is -2.27. The normalized spacial score (nSPS) is 24.4. The Labute approximate surface area is 113 Å². The van der Waals surface area contributed by atoms with Crippen LogP contribution in [0.5, 0.6) is 0 Å². The van der Waals surface area contributed by atoms with Crippen LogP contribution in [0.15, 0.2) is 24.3 Å². The van der Waals surface area contributed by atoms with Gasteiger partial charge in [-0.2, -0.15) is 0 Å². The minimum Gasteiger partial charge on any atom is -0.468 e. The summed E-state index contributed by atoms with van der Waals surface area (Å²) in [5.41, 5.74) is 2.72. The molecule has 3 heteroatoms. The minimum atomic E-state index is -0.495. The number of aryl methyl sites for hydroxylation is 1. The first-order valence-corrected chi connectivity index (χ1v) is 6.60. The van der Waals surface area contributed by atoms with Crippen molar-refractivity contribution in [3.05, 3.63) is 35.5 Å². The number of carbonyl (C=O) groups is 1. The lowest BCUT2D eigenvalue weighted by atomic mass is 9.86. The number of para-hydroxylation sites is 1. The number of hydrogen-bond acceptors (Lipinski definition) is 2. The molecule has 0 spiro atoms. The van der Waals surface area contributed by atoms with Gasteiger partial charge in [0.15, 0.2) is 0 Å². The zero-order chi connectivity index (χ0) is 13.8. The van der Waals surface area contributed by atoms with Gasteiger partial charge >= 0.3 is 5.97 Å². The van der Waals surface area contributed by atoms with E-state index in [1.165, 1.54) is 7.11 Å². The van der Waals surface area contributed by atoms with Crippen LogP contribution in [0.3, 0.4) is 0 Å². The molecule has 3 rings (SSSR count). The summed E-state index contributed by atoms with van der Waals surface area (Å²) in [6, 6.07) is 8.14. The highest BCUT2D eigenvalue weighted by Crippen LogP contribution is 2.66. The van der Waals surface area contributed by atoms with E-state index in [1.54, 1.807) is 0 Å². The van der Waals surface area contributed by atoms with E-state index in [4.69, 9.17) is 4.74 Å². The molecule has 1 atom stereocenters. The van der Waals surface area contributed by atoms with Gasteiger partial charge in [0.25, 0.3) is 0 Å². The summed E-state index contributed by atoms with van der Waals surface area (Å²) < 4.78 is 5.09. The van der Waals surface area contributed by atoms with Crippen LogP contribution in [0.25, 0.3) is 10.9 Å². The molecule has 0 amide bonds. The molecule has 2 aromatic rings. The fourth-order valence-electron chi connectivity index (χ4n) is 3.50. The maximum atomic E-state index is 12.4. The van der Waals surface area contributed by atoms with E-state index in [2.05, 4.69) is 24.9 Å². The van der Waals surface area contributed by atoms with Crippen LogP contribution in [-0.2, 0) is 14.9 Å². The second kappa shape index (κ2) is 3.62. The van der Waals surface area contributed by atoms with Crippen molar-refractivity contribution in [1.82, 2.24) is 4.98 Å². The first kappa shape index (κ1) is 12.3. The zero-order valence-corrected chi connectivity index (χ0v) is 11.8. The van der Waals surface area contributed by atoms with Crippen molar-refractivity contribution in [2.75, 3.05) is 7.11 Å². The number of esters is 1. The summed E-state index contributed by atoms with van der Waals surface area (Å²) in [5, 5.41) is 1.14. The van der Waals surface area contributed by atoms with Crippen molar-refractivity contribution in [2.45, 2.75) is 32.6 Å². The van der Waals surface area contributed by atoms with Crippen molar-refractivity contribution in [3.63, 3.8) is 0 Å². The molecular weight excluding hydrogens is 238 g/mol. The molecule has 1 unspecified atom stereocenters. The molecule has 1 aromatic heterocycles. The summed E-state index contributed by atoms with van der Waals surface area (Å²) >= 11 is 0. The minimum absolute atomic E-state index is 0.0458. The topological polar surface area (TPSA) is 42.1 Å². The van der Waals surface area contributed by atoms with Gasteiger partial charge in [-0.3, -0.25) is 4.79 Å². The van der Waals surface area contributed by atoms with Crippen LogP contribution < -0.4 is 0 Å². The van der Waals surface area contributed by atoms with Crippen LogP contribution in [-0.4, -0.2) is 18.1 Å². The number of aromatic amines is 1. The Morgan fingerprint density at radius 2 is 1.95 bits per heavy atom. The molecule has 0 aliphatic heterocycles. The Morgan fingerprint density at radius 1 is 1.32 bits per heavy atom. The quantitative estimate of drug-likeness (QED) is 0.839. The zero-order valence-electron chi connectivity index (χ0n) is 11.8. The average Bonchev–Trinajstić information content (AvgIpc) is 2.78. The number of H-pyrrole nitrogens is 1. The van der Waals surface area contributed by atoms with E-state index in [1.807, 2.05) is 25.1 Å². The highest BCUT2D eigenvalue weighted by atomic mass is 16.5. The van der Waals surface area contributed by atoms with Gasteiger partial charge in [-0.25, -0.2) is 0 Å². The van der Waals surface area contributed by atoms with Gasteiger partial charge in [0.1, 0.15) is 5.41 Å². The Balaban J connectivity index is 2.29. The maximum Gasteiger partial charge on any atom is 0.316 e. The molecule has 1 heterocycles. The number of fused-ring (bicyclic) bond motifs is 1. The average molecular weight is 257 g/mol. The van der Waals surface area contributed by atoms with E-state index in [0.717, 1.165) is 28.6 Å². The number of hydrogen-bond donors (Lipinski definition) is 1. The van der Waals surface area contributed by atoms with Crippen LogP contribution in [0.1, 0.15) is 31.5 Å². The lowest BCUT2D eigenvalue weighted by Gasteiger charge is -2.19. The van der Waals surface area contributed by atoms with E-state index >= 15 is 0 Å². The largest absolute Gasteiger partial charge is 0.468 e. The molecule has 1 aliphatic carbocycles. The number of ether oxygens (including phenoxy) is 1. The number of nitrogens with one attached hydrogen (secondary N) is 1. The van der Waals surface area contributed by atoms with Crippen LogP contribution in [0.4, 0.5) is 0 Å². The standard InChI is InChI=1S/C16H19NO2/c1-10-13(11-7-5-6-8-12(11)17-10)16(14(18)19-4)9-15(16,2)3/h5-8,17H,9H2,1-4H3. The third kappa shape index (κ3) is 1.41. The summed E-state index contributed by atoms with van der Waals surface area (Å²) in [6.07, 6.45) is 0.843. The first-order valence-electron chi connectivity index (χ1n) is 6.60. The van der Waals surface area contributed by atoms with Gasteiger partial charge in [-0.1, -0.05) is 32.0 Å². The second-order valence-electron chi connectivity index (χ2n) is 6.13. The van der Waals surface area contributed by atoms with E-state index in [0.29, 0.717) is 0 Å². The fraction of sp³-hybridized carbons (Fsp3) is 0.438. The lowest BCUT2D eigenvalue weighted by molar-refractivity contribution is -0.144. The van der Waals surface area contributed by atoms with E-state index < -0.39 is 5.41 Å². The van der Waals surface area contributed by atoms with Crippen molar-refractivity contribution in [2.24, 2.45) is 5.41 Å². The molecule has 1 N–H and O–H groups in total. The SMILES string of the molecule is COC(=O)C1(c2c(C)[nH]c3ccccc23)CC1(C)C. The maximum absolute atomic E-state index is 12.4. The van der Waals surface area contributed by atoms with Crippen LogP contribution >= 0.6 is 0 Å². The van der Waals surface area contributed by atoms with E-state index in [-0.39, 0.29) is 11.4 Å². The molecule has 1 saturated carbocycles. The Morgan fingerprint density at radius 3 is 2.53 bits per heavy atom. The van der Waals surface area contributed by atoms with Crippen LogP contribution in [0.2, 0.25) is 0 Å². The van der Waals surface area contributed by atoms with Crippen molar-refractivity contribution >= 4 is 16.9 Å². The number of aromatic nitrogens is 1. The molecule has 100 valence electrons. The second-order valence-corrected chi connectivity index (χ2v) is 6.13. The van der Waals surface area contributed by atoms with Gasteiger partial charge in [0.05, 0.1) is 7.11 Å². The number of rotatable bonds is 2. The molecular formula is C16H19NO2. The number of benzene rings is 1. The van der Waals surface area contributed by atoms with Gasteiger partial charge in [-0.05, 0) is 30.4 Å². The molecule has 0 radical (unpaired) electrons. The summed E-state index contributed by atoms with van der Waals surface area (Å²) in [7, 11) is 1.47. The summed E-state index contributed by atoms with van der Waals surface area (Å²) in [5.74, 6) is -0.120. The van der Waals surface area contributed by atoms with Crippen LogP contribution in [0, 0.1) is 12.3 Å². The highest BCUT2D eigenvalue weighted by Gasteiger charge is 2.69. The third-order valence-corrected chi connectivity index (χ3v) is 4.59. The Bertz CT molecular complexity index is 668. The van der Waals surface area contributed by atoms with Gasteiger partial charge in [0, 0.05) is 16.6 Å². The van der Waals surface area contributed by atoms with E-state index in [9.17, 15) is 4.79 Å². The smallest absolute Gasteiger partial charge is 0.316 e. The molecule has 19 heavy (non-hydrogen) atoms. The predicted molar refractivity (Wildman–Crippen MR) is 75.1 cm³/mol. The number of carbonyl (C=O) groups excluding carboxylic acids is 1. The fourth-order valence-corrected chi connectivity index (χ4v) is 3.50. The monoisotopic (exact) mass is 257 g/mol. The molecule has 0 bridgehead atoms. The molecule has 3 nitrogen and oxygen atoms in total. The summed E-state index contributed by atoms with van der Waals surface area (Å²) in [4.78, 5) is 15.8. The summed E-state index contributed by atoms with van der Waals surface area (Å²) in [6.45, 7) is 6.30.